The largest absolute Gasteiger partial charge is 0.419 e. The smallest absolute Gasteiger partial charge is 0.310 e. The van der Waals surface area contributed by atoms with Gasteiger partial charge in [0.1, 0.15) is 5.82 Å². The van der Waals surface area contributed by atoms with E-state index in [0.29, 0.717) is 18.5 Å². The molecule has 21 heavy (non-hydrogen) atoms. The average Bonchev–Trinajstić information content (AvgIpc) is 2.90. The number of likely N-dealkylation sites (N-methyl/N-ethyl adjacent to an activating group) is 1. The highest BCUT2D eigenvalue weighted by atomic mass is 32.1. The Labute approximate surface area is 124 Å². The Bertz CT molecular complexity index is 578. The zero-order valence-corrected chi connectivity index (χ0v) is 12.2. The molecule has 0 radical (unpaired) electrons. The summed E-state index contributed by atoms with van der Waals surface area (Å²) in [6.07, 6.45) is -4.10. The maximum Gasteiger partial charge on any atom is 0.419 e. The van der Waals surface area contributed by atoms with Crippen LogP contribution in [0.4, 0.5) is 17.6 Å². The molecule has 0 fully saturated rings. The van der Waals surface area contributed by atoms with Crippen LogP contribution in [-0.2, 0) is 12.6 Å². The molecule has 1 unspecified atom stereocenters. The third-order valence-electron chi connectivity index (χ3n) is 3.13. The van der Waals surface area contributed by atoms with Crippen LogP contribution in [0.15, 0.2) is 35.7 Å². The topological polar surface area (TPSA) is 12.0 Å². The molecule has 1 aromatic carbocycles. The molecule has 1 N–H and O–H groups in total. The zero-order chi connectivity index (χ0) is 15.5. The van der Waals surface area contributed by atoms with E-state index in [1.807, 2.05) is 24.4 Å². The number of benzene rings is 1. The molecule has 114 valence electrons. The van der Waals surface area contributed by atoms with Crippen molar-refractivity contribution in [2.45, 2.75) is 25.6 Å². The van der Waals surface area contributed by atoms with Crippen LogP contribution >= 0.6 is 11.3 Å². The highest BCUT2D eigenvalue weighted by Crippen LogP contribution is 2.33. The predicted molar refractivity (Wildman–Crippen MR) is 75.8 cm³/mol. The molecule has 1 heterocycles. The van der Waals surface area contributed by atoms with Crippen molar-refractivity contribution in [1.82, 2.24) is 5.32 Å². The number of nitrogens with one attached hydrogen (secondary N) is 1. The quantitative estimate of drug-likeness (QED) is 0.781. The number of thiophene rings is 1. The Kier molecular flexibility index (Phi) is 5.00. The van der Waals surface area contributed by atoms with Gasteiger partial charge in [-0.3, -0.25) is 0 Å². The first-order valence-corrected chi connectivity index (χ1v) is 7.42. The lowest BCUT2D eigenvalue weighted by Crippen LogP contribution is -2.23. The van der Waals surface area contributed by atoms with Crippen LogP contribution in [0.1, 0.15) is 29.0 Å². The van der Waals surface area contributed by atoms with Gasteiger partial charge < -0.3 is 5.32 Å². The Balaban J connectivity index is 2.32. The Morgan fingerprint density at radius 1 is 1.24 bits per heavy atom. The van der Waals surface area contributed by atoms with E-state index in [2.05, 4.69) is 5.32 Å². The van der Waals surface area contributed by atoms with Gasteiger partial charge in [-0.15, -0.1) is 11.3 Å². The lowest BCUT2D eigenvalue weighted by Gasteiger charge is -2.19. The van der Waals surface area contributed by atoms with Crippen LogP contribution in [0.3, 0.4) is 0 Å². The summed E-state index contributed by atoms with van der Waals surface area (Å²) in [6.45, 7) is 2.50. The lowest BCUT2D eigenvalue weighted by molar-refractivity contribution is -0.140. The van der Waals surface area contributed by atoms with E-state index in [0.717, 1.165) is 17.0 Å². The lowest BCUT2D eigenvalue weighted by atomic mass is 10.00. The van der Waals surface area contributed by atoms with E-state index >= 15 is 0 Å². The second-order valence-electron chi connectivity index (χ2n) is 4.63. The summed E-state index contributed by atoms with van der Waals surface area (Å²) in [5, 5.41) is 5.07. The number of alkyl halides is 3. The van der Waals surface area contributed by atoms with E-state index in [1.54, 1.807) is 11.3 Å². The summed E-state index contributed by atoms with van der Waals surface area (Å²) < 4.78 is 51.7. The Morgan fingerprint density at radius 2 is 2.00 bits per heavy atom. The molecular weight excluding hydrogens is 302 g/mol. The van der Waals surface area contributed by atoms with Crippen LogP contribution in [0.5, 0.6) is 0 Å². The molecule has 6 heteroatoms. The summed E-state index contributed by atoms with van der Waals surface area (Å²) in [7, 11) is 0. The Morgan fingerprint density at radius 3 is 2.57 bits per heavy atom. The van der Waals surface area contributed by atoms with Crippen LogP contribution in [0, 0.1) is 5.82 Å². The van der Waals surface area contributed by atoms with Crippen LogP contribution in [0.2, 0.25) is 0 Å². The molecule has 0 saturated heterocycles. The van der Waals surface area contributed by atoms with E-state index in [4.69, 9.17) is 0 Å². The zero-order valence-electron chi connectivity index (χ0n) is 11.4. The van der Waals surface area contributed by atoms with Crippen molar-refractivity contribution < 1.29 is 17.6 Å². The fourth-order valence-electron chi connectivity index (χ4n) is 2.16. The molecule has 1 aromatic heterocycles. The fourth-order valence-corrected chi connectivity index (χ4v) is 2.91. The Hall–Kier alpha value is -1.40. The third-order valence-corrected chi connectivity index (χ3v) is 4.03. The minimum Gasteiger partial charge on any atom is -0.310 e. The SMILES string of the molecule is CCNC(Cc1cccs1)c1ccc(F)c(C(F)(F)F)c1. The van der Waals surface area contributed by atoms with E-state index in [9.17, 15) is 17.6 Å². The van der Waals surface area contributed by atoms with Gasteiger partial charge >= 0.3 is 6.18 Å². The van der Waals surface area contributed by atoms with Gasteiger partial charge in [0.05, 0.1) is 5.56 Å². The molecule has 2 rings (SSSR count). The molecule has 0 aliphatic carbocycles. The summed E-state index contributed by atoms with van der Waals surface area (Å²) >= 11 is 1.55. The van der Waals surface area contributed by atoms with Gasteiger partial charge in [0.2, 0.25) is 0 Å². The van der Waals surface area contributed by atoms with Crippen molar-refractivity contribution in [2.24, 2.45) is 0 Å². The summed E-state index contributed by atoms with van der Waals surface area (Å²) in [5.74, 6) is -1.24. The molecule has 0 aliphatic rings. The molecule has 0 spiro atoms. The molecule has 1 atom stereocenters. The standard InChI is InChI=1S/C15H15F4NS/c1-2-20-14(9-11-4-3-7-21-11)10-5-6-13(16)12(8-10)15(17,18)19/h3-8,14,20H,2,9H2,1H3. The summed E-state index contributed by atoms with van der Waals surface area (Å²) in [5.41, 5.74) is -0.770. The van der Waals surface area contributed by atoms with Crippen molar-refractivity contribution in [2.75, 3.05) is 6.54 Å². The van der Waals surface area contributed by atoms with Gasteiger partial charge in [-0.25, -0.2) is 4.39 Å². The van der Waals surface area contributed by atoms with E-state index < -0.39 is 17.6 Å². The van der Waals surface area contributed by atoms with Crippen molar-refractivity contribution in [3.05, 3.63) is 57.5 Å². The first-order chi connectivity index (χ1) is 9.91. The van der Waals surface area contributed by atoms with Gasteiger partial charge in [-0.05, 0) is 35.7 Å². The fraction of sp³-hybridized carbons (Fsp3) is 0.333. The second kappa shape index (κ2) is 6.58. The van der Waals surface area contributed by atoms with Gasteiger partial charge in [0.25, 0.3) is 0 Å². The van der Waals surface area contributed by atoms with Gasteiger partial charge in [0, 0.05) is 17.3 Å². The number of rotatable bonds is 5. The van der Waals surface area contributed by atoms with Crippen LogP contribution in [-0.4, -0.2) is 6.54 Å². The maximum atomic E-state index is 13.4. The first-order valence-electron chi connectivity index (χ1n) is 6.54. The van der Waals surface area contributed by atoms with Crippen molar-refractivity contribution in [3.8, 4) is 0 Å². The monoisotopic (exact) mass is 317 g/mol. The third kappa shape index (κ3) is 4.04. The number of hydrogen-bond donors (Lipinski definition) is 1. The highest BCUT2D eigenvalue weighted by Gasteiger charge is 2.34. The van der Waals surface area contributed by atoms with Crippen molar-refractivity contribution in [3.63, 3.8) is 0 Å². The van der Waals surface area contributed by atoms with Gasteiger partial charge in [0.15, 0.2) is 0 Å². The van der Waals surface area contributed by atoms with Crippen LogP contribution in [0.25, 0.3) is 0 Å². The molecule has 0 bridgehead atoms. The predicted octanol–water partition coefficient (Wildman–Crippen LogP) is 4.80. The summed E-state index contributed by atoms with van der Waals surface area (Å²) in [4.78, 5) is 1.07. The number of hydrogen-bond acceptors (Lipinski definition) is 2. The maximum absolute atomic E-state index is 13.4. The van der Waals surface area contributed by atoms with Crippen LogP contribution < -0.4 is 5.32 Å². The van der Waals surface area contributed by atoms with Gasteiger partial charge in [-0.1, -0.05) is 19.1 Å². The minimum atomic E-state index is -4.68. The van der Waals surface area contributed by atoms with Gasteiger partial charge in [-0.2, -0.15) is 13.2 Å². The molecule has 1 nitrogen and oxygen atoms in total. The first kappa shape index (κ1) is 16.0. The highest BCUT2D eigenvalue weighted by molar-refractivity contribution is 7.09. The number of halogens is 4. The average molecular weight is 317 g/mol. The molecule has 0 saturated carbocycles. The molecular formula is C15H15F4NS. The normalized spacial score (nSPS) is 13.4. The van der Waals surface area contributed by atoms with E-state index in [-0.39, 0.29) is 6.04 Å². The van der Waals surface area contributed by atoms with Crippen molar-refractivity contribution in [1.29, 1.82) is 0 Å². The minimum absolute atomic E-state index is 0.268. The van der Waals surface area contributed by atoms with Crippen molar-refractivity contribution >= 4 is 11.3 Å². The molecule has 0 aliphatic heterocycles. The molecule has 2 aromatic rings. The van der Waals surface area contributed by atoms with E-state index in [1.165, 1.54) is 6.07 Å². The second-order valence-corrected chi connectivity index (χ2v) is 5.66. The molecule has 0 amide bonds. The summed E-state index contributed by atoms with van der Waals surface area (Å²) in [6, 6.07) is 6.76.